The van der Waals surface area contributed by atoms with Crippen LogP contribution < -0.4 is 9.47 Å². The molecule has 0 spiro atoms. The van der Waals surface area contributed by atoms with Gasteiger partial charge >= 0.3 is 0 Å². The van der Waals surface area contributed by atoms with Crippen LogP contribution in [0.25, 0.3) is 0 Å². The second kappa shape index (κ2) is 5.04. The summed E-state index contributed by atoms with van der Waals surface area (Å²) in [4.78, 5) is 4.31. The van der Waals surface area contributed by atoms with Crippen LogP contribution >= 0.6 is 0 Å². The van der Waals surface area contributed by atoms with Crippen molar-refractivity contribution in [2.24, 2.45) is 5.92 Å². The zero-order chi connectivity index (χ0) is 14.2. The van der Waals surface area contributed by atoms with E-state index in [1.807, 2.05) is 24.3 Å². The molecule has 0 amide bonds. The van der Waals surface area contributed by atoms with Crippen molar-refractivity contribution in [2.45, 2.75) is 31.5 Å². The molecule has 0 bridgehead atoms. The Labute approximate surface area is 121 Å². The summed E-state index contributed by atoms with van der Waals surface area (Å²) in [5.74, 6) is 2.70. The highest BCUT2D eigenvalue weighted by Gasteiger charge is 2.32. The third kappa shape index (κ3) is 2.58. The van der Waals surface area contributed by atoms with Crippen molar-refractivity contribution in [3.8, 4) is 11.5 Å². The third-order valence-corrected chi connectivity index (χ3v) is 3.83. The second-order valence-electron chi connectivity index (χ2n) is 5.52. The van der Waals surface area contributed by atoms with Crippen LogP contribution in [0.2, 0.25) is 0 Å². The van der Waals surface area contributed by atoms with Gasteiger partial charge in [0.25, 0.3) is 0 Å². The van der Waals surface area contributed by atoms with Crippen LogP contribution in [0.4, 0.5) is 0 Å². The lowest BCUT2D eigenvalue weighted by Gasteiger charge is -2.24. The smallest absolute Gasteiger partial charge is 0.229 e. The Bertz CT molecular complexity index is 638. The van der Waals surface area contributed by atoms with Crippen molar-refractivity contribution in [3.63, 3.8) is 0 Å². The molecule has 1 saturated carbocycles. The van der Waals surface area contributed by atoms with Gasteiger partial charge in [0.05, 0.1) is 12.5 Å². The lowest BCUT2D eigenvalue weighted by molar-refractivity contribution is 0.0832. The lowest BCUT2D eigenvalue weighted by Crippen LogP contribution is -2.22. The summed E-state index contributed by atoms with van der Waals surface area (Å²) < 4.78 is 16.7. The Hall–Kier alpha value is -2.08. The molecule has 2 unspecified atom stereocenters. The predicted molar refractivity (Wildman–Crippen MR) is 72.0 cm³/mol. The minimum absolute atomic E-state index is 0.348. The summed E-state index contributed by atoms with van der Waals surface area (Å²) in [5, 5.41) is 13.9. The van der Waals surface area contributed by atoms with Crippen molar-refractivity contribution in [1.29, 1.82) is 0 Å². The SMILES string of the molecule is OC(Cc1nc(C2COc3ccccc3O2)no1)C1CC1. The first-order valence-electron chi connectivity index (χ1n) is 7.18. The van der Waals surface area contributed by atoms with E-state index in [1.165, 1.54) is 0 Å². The van der Waals surface area contributed by atoms with Gasteiger partial charge in [-0.2, -0.15) is 4.98 Å². The zero-order valence-corrected chi connectivity index (χ0v) is 11.4. The molecule has 4 rings (SSSR count). The minimum atomic E-state index is -0.387. The average Bonchev–Trinajstić information content (AvgIpc) is 3.27. The van der Waals surface area contributed by atoms with Crippen molar-refractivity contribution in [2.75, 3.05) is 6.61 Å². The van der Waals surface area contributed by atoms with Crippen LogP contribution in [0.5, 0.6) is 11.5 Å². The summed E-state index contributed by atoms with van der Waals surface area (Å²) in [7, 11) is 0. The number of fused-ring (bicyclic) bond motifs is 1. The van der Waals surface area contributed by atoms with Gasteiger partial charge in [-0.05, 0) is 30.9 Å². The molecule has 2 aromatic rings. The Morgan fingerprint density at radius 3 is 2.86 bits per heavy atom. The van der Waals surface area contributed by atoms with Crippen LogP contribution in [0.1, 0.15) is 30.7 Å². The Morgan fingerprint density at radius 1 is 1.24 bits per heavy atom. The molecule has 1 aromatic carbocycles. The number of aliphatic hydroxyl groups is 1. The molecule has 6 heteroatoms. The zero-order valence-electron chi connectivity index (χ0n) is 11.4. The summed E-state index contributed by atoms with van der Waals surface area (Å²) in [6, 6.07) is 7.49. The number of benzene rings is 1. The fraction of sp³-hybridized carbons (Fsp3) is 0.467. The fourth-order valence-electron chi connectivity index (χ4n) is 2.46. The maximum Gasteiger partial charge on any atom is 0.229 e. The van der Waals surface area contributed by atoms with E-state index in [1.54, 1.807) is 0 Å². The topological polar surface area (TPSA) is 77.6 Å². The molecule has 21 heavy (non-hydrogen) atoms. The standard InChI is InChI=1S/C15H16N2O4/c18-10(9-5-6-9)7-14-16-15(17-21-14)13-8-19-11-3-1-2-4-12(11)20-13/h1-4,9-10,13,18H,5-8H2. The van der Waals surface area contributed by atoms with Gasteiger partial charge in [-0.3, -0.25) is 0 Å². The van der Waals surface area contributed by atoms with Crippen molar-refractivity contribution in [1.82, 2.24) is 10.1 Å². The highest BCUT2D eigenvalue weighted by Crippen LogP contribution is 2.36. The second-order valence-corrected chi connectivity index (χ2v) is 5.52. The molecule has 1 aliphatic carbocycles. The molecular formula is C15H16N2O4. The molecule has 0 saturated heterocycles. The highest BCUT2D eigenvalue weighted by atomic mass is 16.6. The first-order chi connectivity index (χ1) is 10.3. The van der Waals surface area contributed by atoms with E-state index < -0.39 is 0 Å². The number of nitrogens with zero attached hydrogens (tertiary/aromatic N) is 2. The van der Waals surface area contributed by atoms with Gasteiger partial charge in [0.1, 0.15) is 6.61 Å². The van der Waals surface area contributed by atoms with Gasteiger partial charge in [-0.25, -0.2) is 0 Å². The van der Waals surface area contributed by atoms with Crippen LogP contribution in [-0.2, 0) is 6.42 Å². The van der Waals surface area contributed by atoms with Crippen LogP contribution in [0.3, 0.4) is 0 Å². The van der Waals surface area contributed by atoms with Gasteiger partial charge < -0.3 is 19.1 Å². The van der Waals surface area contributed by atoms with Crippen LogP contribution in [-0.4, -0.2) is 28.0 Å². The quantitative estimate of drug-likeness (QED) is 0.925. The first kappa shape index (κ1) is 12.6. The van der Waals surface area contributed by atoms with E-state index in [0.717, 1.165) is 18.6 Å². The Kier molecular flexibility index (Phi) is 3.03. The molecule has 1 aliphatic heterocycles. The normalized spacial score (nSPS) is 22.0. The van der Waals surface area contributed by atoms with Gasteiger partial charge in [0.2, 0.25) is 11.7 Å². The van der Waals surface area contributed by atoms with Crippen LogP contribution in [0.15, 0.2) is 28.8 Å². The Morgan fingerprint density at radius 2 is 2.05 bits per heavy atom. The molecule has 2 atom stereocenters. The van der Waals surface area contributed by atoms with Gasteiger partial charge in [0.15, 0.2) is 17.6 Å². The number of aliphatic hydroxyl groups excluding tert-OH is 1. The molecular weight excluding hydrogens is 272 g/mol. The van der Waals surface area contributed by atoms with Gasteiger partial charge in [0, 0.05) is 0 Å². The summed E-state index contributed by atoms with van der Waals surface area (Å²) in [6.07, 6.45) is 1.80. The van der Waals surface area contributed by atoms with E-state index >= 15 is 0 Å². The molecule has 2 heterocycles. The van der Waals surface area contributed by atoms with Crippen molar-refractivity contribution < 1.29 is 19.1 Å². The highest BCUT2D eigenvalue weighted by molar-refractivity contribution is 5.40. The molecule has 1 aromatic heterocycles. The molecule has 110 valence electrons. The van der Waals surface area contributed by atoms with Gasteiger partial charge in [-0.1, -0.05) is 17.3 Å². The van der Waals surface area contributed by atoms with E-state index in [0.29, 0.717) is 36.4 Å². The first-order valence-corrected chi connectivity index (χ1v) is 7.18. The Balaban J connectivity index is 1.46. The number of para-hydroxylation sites is 2. The molecule has 1 fully saturated rings. The molecule has 6 nitrogen and oxygen atoms in total. The minimum Gasteiger partial charge on any atom is -0.485 e. The summed E-state index contributed by atoms with van der Waals surface area (Å²) in [5.41, 5.74) is 0. The number of rotatable bonds is 4. The van der Waals surface area contributed by atoms with Crippen molar-refractivity contribution in [3.05, 3.63) is 36.0 Å². The van der Waals surface area contributed by atoms with E-state index in [2.05, 4.69) is 10.1 Å². The lowest BCUT2D eigenvalue weighted by atomic mass is 10.2. The van der Waals surface area contributed by atoms with E-state index in [-0.39, 0.29) is 12.2 Å². The van der Waals surface area contributed by atoms with Gasteiger partial charge in [-0.15, -0.1) is 0 Å². The number of ether oxygens (including phenoxy) is 2. The maximum atomic E-state index is 9.91. The third-order valence-electron chi connectivity index (χ3n) is 3.83. The average molecular weight is 288 g/mol. The van der Waals surface area contributed by atoms with E-state index in [4.69, 9.17) is 14.0 Å². The van der Waals surface area contributed by atoms with Crippen LogP contribution in [0, 0.1) is 5.92 Å². The van der Waals surface area contributed by atoms with Crippen molar-refractivity contribution >= 4 is 0 Å². The molecule has 0 radical (unpaired) electrons. The number of hydrogen-bond donors (Lipinski definition) is 1. The fourth-order valence-corrected chi connectivity index (χ4v) is 2.46. The van der Waals surface area contributed by atoms with E-state index in [9.17, 15) is 5.11 Å². The summed E-state index contributed by atoms with van der Waals surface area (Å²) in [6.45, 7) is 0.348. The largest absolute Gasteiger partial charge is 0.485 e. The monoisotopic (exact) mass is 288 g/mol. The summed E-state index contributed by atoms with van der Waals surface area (Å²) >= 11 is 0. The molecule has 2 aliphatic rings. The maximum absolute atomic E-state index is 9.91. The number of hydrogen-bond acceptors (Lipinski definition) is 6. The molecule has 1 N–H and O–H groups in total. The predicted octanol–water partition coefficient (Wildman–Crippen LogP) is 1.90. The number of aromatic nitrogens is 2.